The van der Waals surface area contributed by atoms with E-state index < -0.39 is 5.82 Å². The molecule has 3 heteroatoms. The van der Waals surface area contributed by atoms with Crippen molar-refractivity contribution in [1.82, 2.24) is 0 Å². The Balaban J connectivity index is 1.73. The van der Waals surface area contributed by atoms with E-state index in [0.29, 0.717) is 16.5 Å². The van der Waals surface area contributed by atoms with Gasteiger partial charge in [-0.3, -0.25) is 0 Å². The van der Waals surface area contributed by atoms with Crippen LogP contribution in [0.2, 0.25) is 0 Å². The first-order valence-electron chi connectivity index (χ1n) is 10.5. The van der Waals surface area contributed by atoms with E-state index in [1.54, 1.807) is 24.3 Å². The Morgan fingerprint density at radius 2 is 1.60 bits per heavy atom. The molecule has 0 saturated heterocycles. The molecule has 1 nitrogen and oxygen atoms in total. The summed E-state index contributed by atoms with van der Waals surface area (Å²) in [5.74, 6) is -1.01. The van der Waals surface area contributed by atoms with Gasteiger partial charge in [-0.05, 0) is 52.3 Å². The molecule has 0 N–H and O–H groups in total. The van der Waals surface area contributed by atoms with E-state index in [4.69, 9.17) is 5.26 Å². The summed E-state index contributed by atoms with van der Waals surface area (Å²) in [4.78, 5) is 0. The van der Waals surface area contributed by atoms with Gasteiger partial charge in [-0.15, -0.1) is 0 Å². The second kappa shape index (κ2) is 8.63. The van der Waals surface area contributed by atoms with E-state index in [1.807, 2.05) is 12.1 Å². The molecule has 0 aliphatic rings. The minimum absolute atomic E-state index is 0.0450. The monoisotopic (exact) mass is 399 g/mol. The van der Waals surface area contributed by atoms with Gasteiger partial charge in [0.2, 0.25) is 0 Å². The molecule has 150 valence electrons. The number of rotatable bonds is 6. The maximum Gasteiger partial charge on any atom is 0.141 e. The van der Waals surface area contributed by atoms with Crippen LogP contribution in [0.4, 0.5) is 8.78 Å². The van der Waals surface area contributed by atoms with Crippen LogP contribution in [-0.2, 0) is 6.42 Å². The lowest BCUT2D eigenvalue weighted by atomic mass is 9.94. The van der Waals surface area contributed by atoms with Crippen LogP contribution in [0.15, 0.2) is 60.7 Å². The van der Waals surface area contributed by atoms with Crippen LogP contribution >= 0.6 is 0 Å². The summed E-state index contributed by atoms with van der Waals surface area (Å²) in [7, 11) is 0. The third-order valence-electron chi connectivity index (χ3n) is 5.74. The average Bonchev–Trinajstić information content (AvgIpc) is 2.76. The van der Waals surface area contributed by atoms with Crippen molar-refractivity contribution in [2.24, 2.45) is 0 Å². The quantitative estimate of drug-likeness (QED) is 0.238. The van der Waals surface area contributed by atoms with Crippen LogP contribution in [0.1, 0.15) is 43.7 Å². The van der Waals surface area contributed by atoms with E-state index in [-0.39, 0.29) is 11.4 Å². The number of unbranched alkanes of at least 4 members (excludes halogenated alkanes) is 3. The molecule has 0 saturated carbocycles. The lowest BCUT2D eigenvalue weighted by molar-refractivity contribution is 0.623. The van der Waals surface area contributed by atoms with Gasteiger partial charge in [-0.1, -0.05) is 74.7 Å². The summed E-state index contributed by atoms with van der Waals surface area (Å²) in [6.45, 7) is 2.21. The summed E-state index contributed by atoms with van der Waals surface area (Å²) in [6, 6.07) is 19.7. The summed E-state index contributed by atoms with van der Waals surface area (Å²) in [5, 5.41) is 12.4. The van der Waals surface area contributed by atoms with Gasteiger partial charge >= 0.3 is 0 Å². The molecule has 0 bridgehead atoms. The molecule has 0 aliphatic heterocycles. The van der Waals surface area contributed by atoms with Crippen LogP contribution in [0.3, 0.4) is 0 Å². The lowest BCUT2D eigenvalue weighted by Gasteiger charge is -2.11. The predicted octanol–water partition coefficient (Wildman–Crippen LogP) is 7.93. The number of benzene rings is 4. The predicted molar refractivity (Wildman–Crippen MR) is 119 cm³/mol. The van der Waals surface area contributed by atoms with Crippen molar-refractivity contribution in [1.29, 1.82) is 5.26 Å². The number of aryl methyl sites for hydroxylation is 1. The molecule has 0 spiro atoms. The summed E-state index contributed by atoms with van der Waals surface area (Å²) >= 11 is 0. The van der Waals surface area contributed by atoms with Gasteiger partial charge in [-0.25, -0.2) is 8.78 Å². The standard InChI is InChI=1S/C27H23F2N/c1-2-3-4-5-6-18-7-11-22-19(15-18)10-12-25-24(22)14-13-23(27(25)29)20-8-9-21(17-30)26(28)16-20/h7-16H,2-6H2,1H3. The minimum Gasteiger partial charge on any atom is -0.206 e. The smallest absolute Gasteiger partial charge is 0.141 e. The fourth-order valence-electron chi connectivity index (χ4n) is 4.07. The van der Waals surface area contributed by atoms with Crippen molar-refractivity contribution in [3.05, 3.63) is 83.4 Å². The fraction of sp³-hybridized carbons (Fsp3) is 0.222. The highest BCUT2D eigenvalue weighted by Crippen LogP contribution is 2.34. The first-order valence-corrected chi connectivity index (χ1v) is 10.5. The second-order valence-electron chi connectivity index (χ2n) is 7.76. The van der Waals surface area contributed by atoms with Crippen molar-refractivity contribution in [2.45, 2.75) is 39.0 Å². The molecule has 30 heavy (non-hydrogen) atoms. The molecule has 0 aromatic heterocycles. The summed E-state index contributed by atoms with van der Waals surface area (Å²) in [6.07, 6.45) is 5.99. The Kier molecular flexibility index (Phi) is 5.77. The number of nitriles is 1. The van der Waals surface area contributed by atoms with E-state index in [2.05, 4.69) is 25.1 Å². The Hall–Kier alpha value is -3.25. The Morgan fingerprint density at radius 3 is 2.37 bits per heavy atom. The third kappa shape index (κ3) is 3.78. The number of halogens is 2. The van der Waals surface area contributed by atoms with Crippen molar-refractivity contribution in [3.63, 3.8) is 0 Å². The summed E-state index contributed by atoms with van der Waals surface area (Å²) < 4.78 is 29.3. The largest absolute Gasteiger partial charge is 0.206 e. The lowest BCUT2D eigenvalue weighted by Crippen LogP contribution is -1.91. The molecule has 4 aromatic carbocycles. The van der Waals surface area contributed by atoms with Crippen molar-refractivity contribution in [3.8, 4) is 17.2 Å². The van der Waals surface area contributed by atoms with Gasteiger partial charge in [-0.2, -0.15) is 5.26 Å². The first kappa shape index (κ1) is 20.0. The number of fused-ring (bicyclic) bond motifs is 3. The van der Waals surface area contributed by atoms with Gasteiger partial charge in [0.25, 0.3) is 0 Å². The Bertz CT molecular complexity index is 1270. The van der Waals surface area contributed by atoms with Gasteiger partial charge in [0.05, 0.1) is 5.56 Å². The molecule has 0 fully saturated rings. The van der Waals surface area contributed by atoms with E-state index in [1.165, 1.54) is 43.4 Å². The molecule has 4 rings (SSSR count). The van der Waals surface area contributed by atoms with Gasteiger partial charge in [0.15, 0.2) is 0 Å². The fourth-order valence-corrected chi connectivity index (χ4v) is 4.07. The SMILES string of the molecule is CCCCCCc1ccc2c(ccc3c(F)c(-c4ccc(C#N)c(F)c4)ccc32)c1. The molecule has 0 atom stereocenters. The molecular formula is C27H23F2N. The highest BCUT2D eigenvalue weighted by Gasteiger charge is 2.13. The maximum atomic E-state index is 15.3. The molecular weight excluding hydrogens is 376 g/mol. The van der Waals surface area contributed by atoms with Crippen LogP contribution < -0.4 is 0 Å². The zero-order valence-corrected chi connectivity index (χ0v) is 17.0. The van der Waals surface area contributed by atoms with Gasteiger partial charge < -0.3 is 0 Å². The van der Waals surface area contributed by atoms with Crippen molar-refractivity contribution < 1.29 is 8.78 Å². The molecule has 0 unspecified atom stereocenters. The average molecular weight is 399 g/mol. The summed E-state index contributed by atoms with van der Waals surface area (Å²) in [5.41, 5.74) is 2.02. The first-order chi connectivity index (χ1) is 14.6. The number of nitrogens with zero attached hydrogens (tertiary/aromatic N) is 1. The zero-order chi connectivity index (χ0) is 21.1. The van der Waals surface area contributed by atoms with Gasteiger partial charge in [0.1, 0.15) is 17.7 Å². The highest BCUT2D eigenvalue weighted by atomic mass is 19.1. The normalized spacial score (nSPS) is 11.1. The van der Waals surface area contributed by atoms with E-state index in [9.17, 15) is 4.39 Å². The van der Waals surface area contributed by atoms with Crippen LogP contribution in [0, 0.1) is 23.0 Å². The van der Waals surface area contributed by atoms with Crippen LogP contribution in [0.5, 0.6) is 0 Å². The molecule has 0 amide bonds. The number of hydrogen-bond donors (Lipinski definition) is 0. The maximum absolute atomic E-state index is 15.3. The minimum atomic E-state index is -0.639. The van der Waals surface area contributed by atoms with E-state index in [0.717, 1.165) is 22.6 Å². The van der Waals surface area contributed by atoms with Crippen molar-refractivity contribution in [2.75, 3.05) is 0 Å². The molecule has 0 aliphatic carbocycles. The van der Waals surface area contributed by atoms with Crippen LogP contribution in [0.25, 0.3) is 32.7 Å². The highest BCUT2D eigenvalue weighted by molar-refractivity contribution is 6.08. The van der Waals surface area contributed by atoms with Crippen molar-refractivity contribution >= 4 is 21.5 Å². The third-order valence-corrected chi connectivity index (χ3v) is 5.74. The molecule has 0 radical (unpaired) electrons. The number of hydrogen-bond acceptors (Lipinski definition) is 1. The second-order valence-corrected chi connectivity index (χ2v) is 7.76. The Morgan fingerprint density at radius 1 is 0.800 bits per heavy atom. The topological polar surface area (TPSA) is 23.8 Å². The zero-order valence-electron chi connectivity index (χ0n) is 17.0. The molecule has 4 aromatic rings. The Labute approximate surface area is 175 Å². The van der Waals surface area contributed by atoms with E-state index >= 15 is 4.39 Å². The molecule has 0 heterocycles. The van der Waals surface area contributed by atoms with Crippen LogP contribution in [-0.4, -0.2) is 0 Å². The van der Waals surface area contributed by atoms with Gasteiger partial charge in [0, 0.05) is 10.9 Å².